The highest BCUT2D eigenvalue weighted by atomic mass is 79.9. The van der Waals surface area contributed by atoms with Crippen LogP contribution in [0.4, 0.5) is 0 Å². The summed E-state index contributed by atoms with van der Waals surface area (Å²) in [4.78, 5) is 11.2. The minimum Gasteiger partial charge on any atom is -0.481 e. The fourth-order valence-corrected chi connectivity index (χ4v) is 2.17. The van der Waals surface area contributed by atoms with E-state index in [4.69, 9.17) is 5.11 Å². The molecule has 1 aromatic heterocycles. The lowest BCUT2D eigenvalue weighted by atomic mass is 10.2. The van der Waals surface area contributed by atoms with Crippen LogP contribution in [0.2, 0.25) is 0 Å². The van der Waals surface area contributed by atoms with Crippen molar-refractivity contribution >= 4 is 38.8 Å². The number of hydrogen-bond donors (Lipinski definition) is 1. The van der Waals surface area contributed by atoms with Crippen molar-refractivity contribution in [1.82, 2.24) is 0 Å². The quantitative estimate of drug-likeness (QED) is 0.891. The van der Waals surface area contributed by atoms with E-state index in [1.54, 1.807) is 0 Å². The van der Waals surface area contributed by atoms with Gasteiger partial charge in [0, 0.05) is 14.7 Å². The van der Waals surface area contributed by atoms with Crippen molar-refractivity contribution in [2.75, 3.05) is 0 Å². The van der Waals surface area contributed by atoms with Crippen LogP contribution in [-0.2, 0) is 4.79 Å². The number of hydrogen-bond acceptors (Lipinski definition) is 2. The zero-order chi connectivity index (χ0) is 9.14. The van der Waals surface area contributed by atoms with E-state index in [2.05, 4.69) is 22.5 Å². The fraction of sp³-hybridized carbons (Fsp3) is 0.125. The van der Waals surface area contributed by atoms with Gasteiger partial charge in [-0.15, -0.1) is 11.3 Å². The summed E-state index contributed by atoms with van der Waals surface area (Å²) in [5.41, 5.74) is 0.651. The molecular formula is C8H7BrO2S. The molecule has 0 aromatic carbocycles. The Kier molecular flexibility index (Phi) is 3.05. The first-order valence-electron chi connectivity index (χ1n) is 3.23. The average Bonchev–Trinajstić information content (AvgIpc) is 2.34. The zero-order valence-corrected chi connectivity index (χ0v) is 8.61. The van der Waals surface area contributed by atoms with Gasteiger partial charge >= 0.3 is 5.97 Å². The molecule has 0 atom stereocenters. The van der Waals surface area contributed by atoms with E-state index in [1.807, 2.05) is 11.4 Å². The second-order valence-electron chi connectivity index (χ2n) is 2.30. The summed E-state index contributed by atoms with van der Waals surface area (Å²) in [6.07, 6.45) is 0.00690. The lowest BCUT2D eigenvalue weighted by Crippen LogP contribution is -1.94. The molecule has 0 amide bonds. The Hall–Kier alpha value is -0.610. The Morgan fingerprint density at radius 1 is 1.75 bits per heavy atom. The average molecular weight is 247 g/mol. The van der Waals surface area contributed by atoms with Crippen LogP contribution in [0.3, 0.4) is 0 Å². The molecule has 1 rings (SSSR count). The van der Waals surface area contributed by atoms with Gasteiger partial charge in [0.25, 0.3) is 0 Å². The maximum atomic E-state index is 10.3. The van der Waals surface area contributed by atoms with E-state index < -0.39 is 5.97 Å². The van der Waals surface area contributed by atoms with Gasteiger partial charge < -0.3 is 5.11 Å². The Labute approximate surface area is 82.7 Å². The van der Waals surface area contributed by atoms with Gasteiger partial charge in [-0.1, -0.05) is 6.58 Å². The molecule has 12 heavy (non-hydrogen) atoms. The van der Waals surface area contributed by atoms with Crippen LogP contribution in [0.25, 0.3) is 5.57 Å². The molecule has 0 fully saturated rings. The monoisotopic (exact) mass is 246 g/mol. The summed E-state index contributed by atoms with van der Waals surface area (Å²) < 4.78 is 0.967. The van der Waals surface area contributed by atoms with E-state index in [0.29, 0.717) is 5.57 Å². The molecular weight excluding hydrogens is 240 g/mol. The molecule has 0 bridgehead atoms. The molecule has 1 N–H and O–H groups in total. The minimum atomic E-state index is -0.843. The predicted octanol–water partition coefficient (Wildman–Crippen LogP) is 3.00. The summed E-state index contributed by atoms with van der Waals surface area (Å²) in [7, 11) is 0. The molecule has 1 aromatic rings. The summed E-state index contributed by atoms with van der Waals surface area (Å²) in [6.45, 7) is 3.69. The van der Waals surface area contributed by atoms with Crippen LogP contribution >= 0.6 is 27.3 Å². The van der Waals surface area contributed by atoms with Gasteiger partial charge in [0.15, 0.2) is 0 Å². The summed E-state index contributed by atoms with van der Waals surface area (Å²) in [6, 6.07) is 1.87. The van der Waals surface area contributed by atoms with E-state index in [1.165, 1.54) is 11.3 Å². The molecule has 4 heteroatoms. The Balaban J connectivity index is 2.72. The molecule has 0 radical (unpaired) electrons. The molecule has 64 valence electrons. The molecule has 0 aliphatic carbocycles. The Morgan fingerprint density at radius 2 is 2.42 bits per heavy atom. The maximum absolute atomic E-state index is 10.3. The number of carbonyl (C=O) groups is 1. The third-order valence-electron chi connectivity index (χ3n) is 1.28. The van der Waals surface area contributed by atoms with Gasteiger partial charge in [-0.3, -0.25) is 4.79 Å². The van der Waals surface area contributed by atoms with Crippen LogP contribution in [0, 0.1) is 0 Å². The normalized spacial score (nSPS) is 9.75. The van der Waals surface area contributed by atoms with Gasteiger partial charge in [0.05, 0.1) is 6.42 Å². The van der Waals surface area contributed by atoms with Gasteiger partial charge in [0.1, 0.15) is 0 Å². The second kappa shape index (κ2) is 3.87. The minimum absolute atomic E-state index is 0.00690. The predicted molar refractivity (Wildman–Crippen MR) is 53.3 cm³/mol. The molecule has 1 heterocycles. The van der Waals surface area contributed by atoms with E-state index in [-0.39, 0.29) is 6.42 Å². The van der Waals surface area contributed by atoms with Crippen LogP contribution in [0.1, 0.15) is 11.3 Å². The number of thiophene rings is 1. The van der Waals surface area contributed by atoms with Gasteiger partial charge in [-0.25, -0.2) is 0 Å². The SMILES string of the molecule is C=C(CC(=O)O)c1cc(Br)cs1. The van der Waals surface area contributed by atoms with E-state index in [0.717, 1.165) is 9.35 Å². The van der Waals surface area contributed by atoms with Gasteiger partial charge in [-0.2, -0.15) is 0 Å². The molecule has 0 aliphatic rings. The number of halogens is 1. The van der Waals surface area contributed by atoms with Crippen LogP contribution in [0.5, 0.6) is 0 Å². The summed E-state index contributed by atoms with van der Waals surface area (Å²) >= 11 is 4.78. The number of carboxylic acid groups (broad SMARTS) is 1. The second-order valence-corrected chi connectivity index (χ2v) is 4.13. The first-order valence-corrected chi connectivity index (χ1v) is 4.91. The molecule has 0 saturated heterocycles. The number of carboxylic acids is 1. The third-order valence-corrected chi connectivity index (χ3v) is 3.07. The van der Waals surface area contributed by atoms with Gasteiger partial charge in [-0.05, 0) is 27.6 Å². The smallest absolute Gasteiger partial charge is 0.307 e. The van der Waals surface area contributed by atoms with Crippen molar-refractivity contribution in [3.8, 4) is 0 Å². The van der Waals surface area contributed by atoms with Crippen molar-refractivity contribution < 1.29 is 9.90 Å². The van der Waals surface area contributed by atoms with Crippen molar-refractivity contribution in [2.45, 2.75) is 6.42 Å². The largest absolute Gasteiger partial charge is 0.481 e. The van der Waals surface area contributed by atoms with Crippen molar-refractivity contribution in [1.29, 1.82) is 0 Å². The van der Waals surface area contributed by atoms with Crippen molar-refractivity contribution in [3.05, 3.63) is 27.4 Å². The lowest BCUT2D eigenvalue weighted by Gasteiger charge is -1.96. The standard InChI is InChI=1S/C8H7BrO2S/c1-5(2-8(10)11)7-3-6(9)4-12-7/h3-4H,1-2H2,(H,10,11). The van der Waals surface area contributed by atoms with Crippen LogP contribution in [0.15, 0.2) is 22.5 Å². The lowest BCUT2D eigenvalue weighted by molar-refractivity contribution is -0.135. The van der Waals surface area contributed by atoms with Crippen LogP contribution < -0.4 is 0 Å². The summed E-state index contributed by atoms with van der Waals surface area (Å²) in [5.74, 6) is -0.843. The van der Waals surface area contributed by atoms with Gasteiger partial charge in [0.2, 0.25) is 0 Å². The zero-order valence-electron chi connectivity index (χ0n) is 6.21. The molecule has 0 unspecified atom stereocenters. The summed E-state index contributed by atoms with van der Waals surface area (Å²) in [5, 5.41) is 10.4. The highest BCUT2D eigenvalue weighted by Crippen LogP contribution is 2.26. The first-order chi connectivity index (χ1) is 5.59. The molecule has 0 spiro atoms. The van der Waals surface area contributed by atoms with Crippen molar-refractivity contribution in [3.63, 3.8) is 0 Å². The number of rotatable bonds is 3. The molecule has 0 aliphatic heterocycles. The molecule has 0 saturated carbocycles. The van der Waals surface area contributed by atoms with Crippen molar-refractivity contribution in [2.24, 2.45) is 0 Å². The first kappa shape index (κ1) is 9.48. The third kappa shape index (κ3) is 2.46. The highest BCUT2D eigenvalue weighted by molar-refractivity contribution is 9.10. The van der Waals surface area contributed by atoms with E-state index in [9.17, 15) is 4.79 Å². The highest BCUT2D eigenvalue weighted by Gasteiger charge is 2.05. The number of aliphatic carboxylic acids is 1. The maximum Gasteiger partial charge on any atom is 0.307 e. The fourth-order valence-electron chi connectivity index (χ4n) is 0.768. The topological polar surface area (TPSA) is 37.3 Å². The Bertz CT molecular complexity index is 317. The molecule has 2 nitrogen and oxygen atoms in total. The van der Waals surface area contributed by atoms with E-state index >= 15 is 0 Å². The van der Waals surface area contributed by atoms with Crippen LogP contribution in [-0.4, -0.2) is 11.1 Å². The Morgan fingerprint density at radius 3 is 2.83 bits per heavy atom.